The van der Waals surface area contributed by atoms with Crippen molar-refractivity contribution in [2.45, 2.75) is 11.7 Å². The Bertz CT molecular complexity index is 308. The first kappa shape index (κ1) is 8.13. The van der Waals surface area contributed by atoms with Crippen molar-refractivity contribution < 1.29 is 4.79 Å². The zero-order chi connectivity index (χ0) is 8.55. The van der Waals surface area contributed by atoms with Gasteiger partial charge in [-0.3, -0.25) is 4.79 Å². The van der Waals surface area contributed by atoms with Gasteiger partial charge >= 0.3 is 0 Å². The van der Waals surface area contributed by atoms with Crippen LogP contribution in [0.4, 0.5) is 0 Å². The van der Waals surface area contributed by atoms with Gasteiger partial charge in [-0.25, -0.2) is 0 Å². The molecular weight excluding hydrogens is 190 g/mol. The molecule has 12 heavy (non-hydrogen) atoms. The lowest BCUT2D eigenvalue weighted by Gasteiger charge is -2.18. The quantitative estimate of drug-likeness (QED) is 0.746. The number of carbonyl (C=O) groups excluding carboxylic acids is 1. The van der Waals surface area contributed by atoms with Gasteiger partial charge in [0.1, 0.15) is 5.25 Å². The van der Waals surface area contributed by atoms with Crippen molar-refractivity contribution in [1.29, 1.82) is 0 Å². The second-order valence-corrected chi connectivity index (χ2v) is 4.92. The van der Waals surface area contributed by atoms with Crippen LogP contribution in [0.1, 0.15) is 15.7 Å². The number of amides is 1. The van der Waals surface area contributed by atoms with E-state index in [1.807, 2.05) is 11.4 Å². The Labute approximate surface area is 79.2 Å². The minimum atomic E-state index is -0.209. The second kappa shape index (κ2) is 3.11. The maximum atomic E-state index is 11.0. The number of nitrogens with two attached hydrogens (primary N) is 1. The van der Waals surface area contributed by atoms with Crippen molar-refractivity contribution in [3.63, 3.8) is 0 Å². The predicted molar refractivity (Wildman–Crippen MR) is 52.4 cm³/mol. The Hall–Kier alpha value is -0.480. The van der Waals surface area contributed by atoms with E-state index in [0.29, 0.717) is 0 Å². The van der Waals surface area contributed by atoms with Crippen molar-refractivity contribution in [2.75, 3.05) is 5.75 Å². The highest BCUT2D eigenvalue weighted by molar-refractivity contribution is 8.00. The van der Waals surface area contributed by atoms with Gasteiger partial charge in [-0.05, 0) is 29.2 Å². The molecule has 1 atom stereocenters. The van der Waals surface area contributed by atoms with E-state index in [-0.39, 0.29) is 11.2 Å². The van der Waals surface area contributed by atoms with Gasteiger partial charge in [0.25, 0.3) is 0 Å². The molecule has 1 aliphatic heterocycles. The largest absolute Gasteiger partial charge is 0.368 e. The summed E-state index contributed by atoms with van der Waals surface area (Å²) in [4.78, 5) is 12.4. The van der Waals surface area contributed by atoms with Crippen molar-refractivity contribution in [2.24, 2.45) is 5.73 Å². The summed E-state index contributed by atoms with van der Waals surface area (Å²) in [5, 5.41) is 1.94. The van der Waals surface area contributed by atoms with E-state index >= 15 is 0 Å². The monoisotopic (exact) mass is 199 g/mol. The van der Waals surface area contributed by atoms with Crippen molar-refractivity contribution in [3.8, 4) is 0 Å². The third-order valence-electron chi connectivity index (χ3n) is 1.93. The number of aryl methyl sites for hydroxylation is 1. The lowest BCUT2D eigenvalue weighted by molar-refractivity contribution is -0.117. The minimum Gasteiger partial charge on any atom is -0.368 e. The highest BCUT2D eigenvalue weighted by Gasteiger charge is 2.25. The standard InChI is InChI=1S/C8H9NOS2/c9-8(10)7-5-1-3-11-6(5)2-4-12-7/h1,3,7H,2,4H2,(H2,9,10). The number of thioether (sulfide) groups is 1. The molecule has 0 bridgehead atoms. The molecule has 2 heterocycles. The van der Waals surface area contributed by atoms with Crippen LogP contribution in [0.5, 0.6) is 0 Å². The van der Waals surface area contributed by atoms with Gasteiger partial charge in [0.2, 0.25) is 5.91 Å². The molecule has 0 aliphatic carbocycles. The summed E-state index contributed by atoms with van der Waals surface area (Å²) >= 11 is 3.38. The van der Waals surface area contributed by atoms with Gasteiger partial charge in [0.15, 0.2) is 0 Å². The van der Waals surface area contributed by atoms with Crippen LogP contribution in [0.15, 0.2) is 11.4 Å². The molecule has 2 rings (SSSR count). The Morgan fingerprint density at radius 2 is 2.50 bits per heavy atom. The number of thiophene rings is 1. The van der Waals surface area contributed by atoms with Gasteiger partial charge in [-0.2, -0.15) is 0 Å². The molecule has 0 fully saturated rings. The molecule has 1 unspecified atom stereocenters. The average molecular weight is 199 g/mol. The van der Waals surface area contributed by atoms with Crippen LogP contribution in [0.25, 0.3) is 0 Å². The molecule has 0 aromatic carbocycles. The number of fused-ring (bicyclic) bond motifs is 1. The highest BCUT2D eigenvalue weighted by Crippen LogP contribution is 2.38. The molecular formula is C8H9NOS2. The van der Waals surface area contributed by atoms with E-state index < -0.39 is 0 Å². The Morgan fingerprint density at radius 1 is 1.67 bits per heavy atom. The summed E-state index contributed by atoms with van der Waals surface area (Å²) in [5.74, 6) is 0.806. The summed E-state index contributed by atoms with van der Waals surface area (Å²) in [6.45, 7) is 0. The summed E-state index contributed by atoms with van der Waals surface area (Å²) in [6, 6.07) is 2.02. The van der Waals surface area contributed by atoms with E-state index in [9.17, 15) is 4.79 Å². The van der Waals surface area contributed by atoms with Crippen LogP contribution in [0, 0.1) is 0 Å². The molecule has 1 aliphatic rings. The van der Waals surface area contributed by atoms with Gasteiger partial charge < -0.3 is 5.73 Å². The molecule has 0 saturated carbocycles. The summed E-state index contributed by atoms with van der Waals surface area (Å²) in [5.41, 5.74) is 6.43. The molecule has 0 radical (unpaired) electrons. The van der Waals surface area contributed by atoms with Crippen LogP contribution in [-0.4, -0.2) is 11.7 Å². The molecule has 64 valence electrons. The summed E-state index contributed by atoms with van der Waals surface area (Å²) in [6.07, 6.45) is 1.08. The molecule has 1 aromatic rings. The molecule has 2 N–H and O–H groups in total. The third kappa shape index (κ3) is 1.25. The Kier molecular flexibility index (Phi) is 2.11. The van der Waals surface area contributed by atoms with Crippen LogP contribution in [0.2, 0.25) is 0 Å². The van der Waals surface area contributed by atoms with E-state index in [2.05, 4.69) is 0 Å². The number of hydrogen-bond donors (Lipinski definition) is 1. The lowest BCUT2D eigenvalue weighted by Crippen LogP contribution is -2.22. The molecule has 0 spiro atoms. The Balaban J connectivity index is 2.37. The fourth-order valence-corrected chi connectivity index (χ4v) is 3.63. The zero-order valence-electron chi connectivity index (χ0n) is 6.45. The number of primary amides is 1. The van der Waals surface area contributed by atoms with Crippen molar-refractivity contribution in [1.82, 2.24) is 0 Å². The minimum absolute atomic E-state index is 0.0972. The highest BCUT2D eigenvalue weighted by atomic mass is 32.2. The zero-order valence-corrected chi connectivity index (χ0v) is 8.08. The van der Waals surface area contributed by atoms with Crippen LogP contribution in [0.3, 0.4) is 0 Å². The maximum Gasteiger partial charge on any atom is 0.235 e. The fraction of sp³-hybridized carbons (Fsp3) is 0.375. The van der Waals surface area contributed by atoms with Crippen LogP contribution in [-0.2, 0) is 11.2 Å². The first-order chi connectivity index (χ1) is 5.79. The van der Waals surface area contributed by atoms with Gasteiger partial charge in [0.05, 0.1) is 0 Å². The predicted octanol–water partition coefficient (Wildman–Crippen LogP) is 1.56. The number of rotatable bonds is 1. The van der Waals surface area contributed by atoms with Gasteiger partial charge in [-0.1, -0.05) is 0 Å². The first-order valence-corrected chi connectivity index (χ1v) is 5.69. The average Bonchev–Trinajstić information content (AvgIpc) is 2.49. The molecule has 1 aromatic heterocycles. The smallest absolute Gasteiger partial charge is 0.235 e. The fourth-order valence-electron chi connectivity index (χ4n) is 1.38. The van der Waals surface area contributed by atoms with Crippen molar-refractivity contribution in [3.05, 3.63) is 21.9 Å². The molecule has 0 saturated heterocycles. The van der Waals surface area contributed by atoms with Crippen LogP contribution < -0.4 is 5.73 Å². The summed E-state index contributed by atoms with van der Waals surface area (Å²) in [7, 11) is 0. The number of carbonyl (C=O) groups is 1. The third-order valence-corrected chi connectivity index (χ3v) is 4.19. The summed E-state index contributed by atoms with van der Waals surface area (Å²) < 4.78 is 0. The van der Waals surface area contributed by atoms with Crippen molar-refractivity contribution >= 4 is 29.0 Å². The van der Waals surface area contributed by atoms with Gasteiger partial charge in [-0.15, -0.1) is 23.1 Å². The van der Waals surface area contributed by atoms with E-state index in [0.717, 1.165) is 17.7 Å². The van der Waals surface area contributed by atoms with E-state index in [1.54, 1.807) is 23.1 Å². The topological polar surface area (TPSA) is 43.1 Å². The lowest BCUT2D eigenvalue weighted by atomic mass is 10.1. The normalized spacial score (nSPS) is 21.8. The first-order valence-electron chi connectivity index (χ1n) is 3.76. The maximum absolute atomic E-state index is 11.0. The Morgan fingerprint density at radius 3 is 3.25 bits per heavy atom. The molecule has 4 heteroatoms. The van der Waals surface area contributed by atoms with Gasteiger partial charge in [0, 0.05) is 4.88 Å². The second-order valence-electron chi connectivity index (χ2n) is 2.70. The molecule has 2 nitrogen and oxygen atoms in total. The van der Waals surface area contributed by atoms with E-state index in [4.69, 9.17) is 5.73 Å². The molecule has 1 amide bonds. The number of hydrogen-bond acceptors (Lipinski definition) is 3. The van der Waals surface area contributed by atoms with E-state index in [1.165, 1.54) is 4.88 Å². The SMILES string of the molecule is NC(=O)C1SCCc2sccc21. The van der Waals surface area contributed by atoms with Crippen LogP contribution >= 0.6 is 23.1 Å².